The van der Waals surface area contributed by atoms with Gasteiger partial charge in [-0.1, -0.05) is 20.8 Å². The lowest BCUT2D eigenvalue weighted by Crippen LogP contribution is -2.32. The van der Waals surface area contributed by atoms with Gasteiger partial charge in [-0.05, 0) is 39.3 Å². The van der Waals surface area contributed by atoms with Crippen molar-refractivity contribution in [2.24, 2.45) is 0 Å². The average Bonchev–Trinajstić information content (AvgIpc) is 2.12. The first-order chi connectivity index (χ1) is 6.24. The van der Waals surface area contributed by atoms with Crippen LogP contribution in [0, 0.1) is 0 Å². The summed E-state index contributed by atoms with van der Waals surface area (Å²) in [5.41, 5.74) is 0. The first-order valence-electron chi connectivity index (χ1n) is 5.71. The maximum atomic E-state index is 3.50. The molecule has 2 atom stereocenters. The van der Waals surface area contributed by atoms with E-state index >= 15 is 0 Å². The Balaban J connectivity index is 3.46. The van der Waals surface area contributed by atoms with Crippen molar-refractivity contribution in [3.63, 3.8) is 0 Å². The molecule has 2 unspecified atom stereocenters. The zero-order chi connectivity index (χ0) is 10.1. The number of nitrogens with one attached hydrogen (secondary N) is 2. The molecule has 0 fully saturated rings. The highest BCUT2D eigenvalue weighted by Gasteiger charge is 2.06. The van der Waals surface area contributed by atoms with Crippen molar-refractivity contribution in [3.8, 4) is 0 Å². The molecule has 0 radical (unpaired) electrons. The van der Waals surface area contributed by atoms with Crippen LogP contribution in [0.15, 0.2) is 0 Å². The van der Waals surface area contributed by atoms with Gasteiger partial charge in [0.05, 0.1) is 0 Å². The van der Waals surface area contributed by atoms with Gasteiger partial charge in [-0.25, -0.2) is 0 Å². The Hall–Kier alpha value is -0.0800. The van der Waals surface area contributed by atoms with E-state index in [9.17, 15) is 0 Å². The zero-order valence-corrected chi connectivity index (χ0v) is 9.69. The predicted octanol–water partition coefficient (Wildman–Crippen LogP) is 2.15. The molecule has 0 heterocycles. The predicted molar refractivity (Wildman–Crippen MR) is 60.1 cm³/mol. The van der Waals surface area contributed by atoms with E-state index in [1.165, 1.54) is 19.3 Å². The summed E-state index contributed by atoms with van der Waals surface area (Å²) >= 11 is 0. The van der Waals surface area contributed by atoms with Crippen LogP contribution >= 0.6 is 0 Å². The summed E-state index contributed by atoms with van der Waals surface area (Å²) in [7, 11) is 0. The minimum absolute atomic E-state index is 0.665. The molecule has 0 aliphatic rings. The highest BCUT2D eigenvalue weighted by atomic mass is 14.9. The lowest BCUT2D eigenvalue weighted by atomic mass is 10.1. The minimum Gasteiger partial charge on any atom is -0.315 e. The molecule has 0 aliphatic carbocycles. The first kappa shape index (κ1) is 12.9. The van der Waals surface area contributed by atoms with Gasteiger partial charge in [0.15, 0.2) is 0 Å². The van der Waals surface area contributed by atoms with E-state index in [1.807, 2.05) is 0 Å². The Morgan fingerprint density at radius 1 is 0.923 bits per heavy atom. The second-order valence-electron chi connectivity index (χ2n) is 3.70. The van der Waals surface area contributed by atoms with Crippen molar-refractivity contribution in [1.29, 1.82) is 0 Å². The third-order valence-electron chi connectivity index (χ3n) is 2.49. The summed E-state index contributed by atoms with van der Waals surface area (Å²) in [6, 6.07) is 1.38. The van der Waals surface area contributed by atoms with Crippen molar-refractivity contribution >= 4 is 0 Å². The van der Waals surface area contributed by atoms with Gasteiger partial charge in [-0.15, -0.1) is 0 Å². The quantitative estimate of drug-likeness (QED) is 0.607. The molecule has 0 amide bonds. The second kappa shape index (κ2) is 8.52. The molecule has 0 aromatic heterocycles. The normalized spacial score (nSPS) is 15.7. The minimum atomic E-state index is 0.665. The van der Waals surface area contributed by atoms with Crippen LogP contribution in [0.25, 0.3) is 0 Å². The molecule has 0 bridgehead atoms. The average molecular weight is 186 g/mol. The molecule has 0 aromatic rings. The molecular weight excluding hydrogens is 160 g/mol. The smallest absolute Gasteiger partial charge is 0.00648 e. The molecule has 80 valence electrons. The third-order valence-corrected chi connectivity index (χ3v) is 2.49. The highest BCUT2D eigenvalue weighted by Crippen LogP contribution is 2.04. The van der Waals surface area contributed by atoms with E-state index in [1.54, 1.807) is 0 Å². The van der Waals surface area contributed by atoms with Crippen molar-refractivity contribution in [3.05, 3.63) is 0 Å². The summed E-state index contributed by atoms with van der Waals surface area (Å²) in [5, 5.41) is 6.94. The van der Waals surface area contributed by atoms with E-state index in [0.717, 1.165) is 13.1 Å². The van der Waals surface area contributed by atoms with Gasteiger partial charge in [0.25, 0.3) is 0 Å². The van der Waals surface area contributed by atoms with Gasteiger partial charge in [0, 0.05) is 12.1 Å². The summed E-state index contributed by atoms with van der Waals surface area (Å²) in [6.45, 7) is 11.0. The second-order valence-corrected chi connectivity index (χ2v) is 3.70. The molecule has 0 saturated carbocycles. The molecule has 0 rings (SSSR count). The fourth-order valence-electron chi connectivity index (χ4n) is 1.64. The van der Waals surface area contributed by atoms with E-state index in [2.05, 4.69) is 38.3 Å². The summed E-state index contributed by atoms with van der Waals surface area (Å²) < 4.78 is 0. The lowest BCUT2D eigenvalue weighted by Gasteiger charge is -2.18. The summed E-state index contributed by atoms with van der Waals surface area (Å²) in [4.78, 5) is 0. The Kier molecular flexibility index (Phi) is 8.46. The van der Waals surface area contributed by atoms with Crippen LogP contribution in [0.3, 0.4) is 0 Å². The monoisotopic (exact) mass is 186 g/mol. The molecule has 13 heavy (non-hydrogen) atoms. The van der Waals surface area contributed by atoms with Gasteiger partial charge in [0.1, 0.15) is 0 Å². The number of hydrogen-bond donors (Lipinski definition) is 2. The Bertz CT molecular complexity index is 104. The maximum Gasteiger partial charge on any atom is 0.00648 e. The molecular formula is C11H26N2. The molecule has 0 saturated heterocycles. The van der Waals surface area contributed by atoms with Gasteiger partial charge >= 0.3 is 0 Å². The van der Waals surface area contributed by atoms with Crippen LogP contribution < -0.4 is 10.6 Å². The first-order valence-corrected chi connectivity index (χ1v) is 5.71. The molecule has 0 aliphatic heterocycles. The van der Waals surface area contributed by atoms with E-state index < -0.39 is 0 Å². The number of rotatable bonds is 8. The van der Waals surface area contributed by atoms with Crippen LogP contribution in [0.5, 0.6) is 0 Å². The molecule has 0 spiro atoms. The zero-order valence-electron chi connectivity index (χ0n) is 9.69. The number of hydrogen-bond acceptors (Lipinski definition) is 2. The largest absolute Gasteiger partial charge is 0.315 e. The Morgan fingerprint density at radius 2 is 1.54 bits per heavy atom. The van der Waals surface area contributed by atoms with Crippen molar-refractivity contribution in [2.75, 3.05) is 13.1 Å². The van der Waals surface area contributed by atoms with Crippen molar-refractivity contribution in [2.45, 2.75) is 59.0 Å². The van der Waals surface area contributed by atoms with Gasteiger partial charge < -0.3 is 10.6 Å². The van der Waals surface area contributed by atoms with Gasteiger partial charge in [0.2, 0.25) is 0 Å². The molecule has 2 N–H and O–H groups in total. The highest BCUT2D eigenvalue weighted by molar-refractivity contribution is 4.68. The topological polar surface area (TPSA) is 24.1 Å². The van der Waals surface area contributed by atoms with E-state index in [0.29, 0.717) is 12.1 Å². The molecule has 2 nitrogen and oxygen atoms in total. The van der Waals surface area contributed by atoms with Crippen LogP contribution in [0.2, 0.25) is 0 Å². The van der Waals surface area contributed by atoms with Crippen LogP contribution in [-0.4, -0.2) is 25.2 Å². The molecule has 2 heteroatoms. The summed E-state index contributed by atoms with van der Waals surface area (Å²) in [6.07, 6.45) is 3.81. The van der Waals surface area contributed by atoms with Crippen molar-refractivity contribution in [1.82, 2.24) is 10.6 Å². The maximum absolute atomic E-state index is 3.50. The summed E-state index contributed by atoms with van der Waals surface area (Å²) in [5.74, 6) is 0. The van der Waals surface area contributed by atoms with Crippen LogP contribution in [0.1, 0.15) is 47.0 Å². The standard InChI is InChI=1S/C11H26N2/c1-5-11(13-7-3)9-8-10(4)12-6-2/h10-13H,5-9H2,1-4H3. The van der Waals surface area contributed by atoms with Gasteiger partial charge in [-0.3, -0.25) is 0 Å². The van der Waals surface area contributed by atoms with Crippen LogP contribution in [-0.2, 0) is 0 Å². The Labute approximate surface area is 83.5 Å². The Morgan fingerprint density at radius 3 is 2.00 bits per heavy atom. The van der Waals surface area contributed by atoms with Crippen molar-refractivity contribution < 1.29 is 0 Å². The molecule has 0 aromatic carbocycles. The van der Waals surface area contributed by atoms with E-state index in [-0.39, 0.29) is 0 Å². The van der Waals surface area contributed by atoms with E-state index in [4.69, 9.17) is 0 Å². The fraction of sp³-hybridized carbons (Fsp3) is 1.00. The third kappa shape index (κ3) is 7.03. The fourth-order valence-corrected chi connectivity index (χ4v) is 1.64. The SMILES string of the molecule is CCNC(C)CCC(CC)NCC. The van der Waals surface area contributed by atoms with Gasteiger partial charge in [-0.2, -0.15) is 0 Å². The lowest BCUT2D eigenvalue weighted by molar-refractivity contribution is 0.422. The van der Waals surface area contributed by atoms with Crippen LogP contribution in [0.4, 0.5) is 0 Å².